The van der Waals surface area contributed by atoms with Crippen LogP contribution >= 0.6 is 11.6 Å². The Bertz CT molecular complexity index is 675. The van der Waals surface area contributed by atoms with E-state index in [9.17, 15) is 4.21 Å². The van der Waals surface area contributed by atoms with E-state index >= 15 is 0 Å². The summed E-state index contributed by atoms with van der Waals surface area (Å²) in [5, 5.41) is 0.691. The topological polar surface area (TPSA) is 29.1 Å². The first kappa shape index (κ1) is 17.9. The SMILES string of the molecule is CC(C)(C)[S@@](=O)N[C@H](/C=C/c1ccccc1)c1ccc(Cl)cc1. The zero-order valence-electron chi connectivity index (χ0n) is 13.6. The normalized spacial score (nSPS) is 14.8. The zero-order chi connectivity index (χ0) is 16.9. The largest absolute Gasteiger partial charge is 0.242 e. The molecule has 23 heavy (non-hydrogen) atoms. The summed E-state index contributed by atoms with van der Waals surface area (Å²) in [5.74, 6) is 0. The number of nitrogens with one attached hydrogen (secondary N) is 1. The summed E-state index contributed by atoms with van der Waals surface area (Å²) in [6.07, 6.45) is 4.06. The summed E-state index contributed by atoms with van der Waals surface area (Å²) in [5.41, 5.74) is 2.13. The van der Waals surface area contributed by atoms with Crippen LogP contribution in [0.3, 0.4) is 0 Å². The molecule has 0 bridgehead atoms. The number of rotatable bonds is 5. The summed E-state index contributed by atoms with van der Waals surface area (Å²) < 4.78 is 15.3. The average Bonchev–Trinajstić information content (AvgIpc) is 2.52. The van der Waals surface area contributed by atoms with E-state index in [0.29, 0.717) is 5.02 Å². The van der Waals surface area contributed by atoms with Crippen LogP contribution in [0.25, 0.3) is 6.08 Å². The highest BCUT2D eigenvalue weighted by Gasteiger charge is 2.22. The predicted molar refractivity (Wildman–Crippen MR) is 101 cm³/mol. The van der Waals surface area contributed by atoms with Crippen LogP contribution in [0.2, 0.25) is 5.02 Å². The fraction of sp³-hybridized carbons (Fsp3) is 0.263. The fourth-order valence-electron chi connectivity index (χ4n) is 1.95. The second-order valence-corrected chi connectivity index (χ2v) is 8.73. The van der Waals surface area contributed by atoms with Gasteiger partial charge in [-0.3, -0.25) is 0 Å². The van der Waals surface area contributed by atoms with Gasteiger partial charge in [-0.25, -0.2) is 8.93 Å². The lowest BCUT2D eigenvalue weighted by atomic mass is 10.1. The van der Waals surface area contributed by atoms with Crippen LogP contribution in [-0.4, -0.2) is 8.96 Å². The highest BCUT2D eigenvalue weighted by molar-refractivity contribution is 7.84. The van der Waals surface area contributed by atoms with Crippen molar-refractivity contribution in [1.82, 2.24) is 4.72 Å². The van der Waals surface area contributed by atoms with Crippen molar-refractivity contribution in [2.24, 2.45) is 0 Å². The van der Waals surface area contributed by atoms with Gasteiger partial charge in [-0.2, -0.15) is 0 Å². The van der Waals surface area contributed by atoms with Gasteiger partial charge in [-0.15, -0.1) is 0 Å². The first-order valence-electron chi connectivity index (χ1n) is 7.53. The van der Waals surface area contributed by atoms with Gasteiger partial charge in [-0.05, 0) is 44.0 Å². The Hall–Kier alpha value is -1.42. The summed E-state index contributed by atoms with van der Waals surface area (Å²) in [6.45, 7) is 5.86. The second kappa shape index (κ2) is 7.91. The molecular weight excluding hydrogens is 326 g/mol. The van der Waals surface area contributed by atoms with E-state index in [0.717, 1.165) is 11.1 Å². The summed E-state index contributed by atoms with van der Waals surface area (Å²) in [7, 11) is -1.17. The number of hydrogen-bond donors (Lipinski definition) is 1. The minimum absolute atomic E-state index is 0.146. The molecule has 0 aliphatic rings. The fourth-order valence-corrected chi connectivity index (χ4v) is 2.88. The summed E-state index contributed by atoms with van der Waals surface area (Å²) >= 11 is 5.97. The average molecular weight is 348 g/mol. The molecule has 0 heterocycles. The van der Waals surface area contributed by atoms with Gasteiger partial charge in [0.15, 0.2) is 0 Å². The van der Waals surface area contributed by atoms with E-state index in [1.165, 1.54) is 0 Å². The van der Waals surface area contributed by atoms with E-state index in [1.54, 1.807) is 0 Å². The van der Waals surface area contributed by atoms with Gasteiger partial charge in [0.1, 0.15) is 0 Å². The number of halogens is 1. The van der Waals surface area contributed by atoms with Gasteiger partial charge in [0.05, 0.1) is 21.8 Å². The summed E-state index contributed by atoms with van der Waals surface area (Å²) in [6, 6.07) is 17.5. The molecule has 0 spiro atoms. The van der Waals surface area contributed by atoms with Gasteiger partial charge in [-0.1, -0.05) is 66.2 Å². The molecule has 0 aliphatic carbocycles. The highest BCUT2D eigenvalue weighted by atomic mass is 35.5. The molecule has 2 aromatic carbocycles. The third-order valence-corrected chi connectivity index (χ3v) is 5.13. The molecular formula is C19H22ClNOS. The minimum Gasteiger partial charge on any atom is -0.242 e. The third-order valence-electron chi connectivity index (χ3n) is 3.30. The van der Waals surface area contributed by atoms with Crippen molar-refractivity contribution >= 4 is 28.7 Å². The molecule has 0 radical (unpaired) electrons. The Kier molecular flexibility index (Phi) is 6.17. The van der Waals surface area contributed by atoms with Gasteiger partial charge < -0.3 is 0 Å². The number of hydrogen-bond acceptors (Lipinski definition) is 1. The van der Waals surface area contributed by atoms with Crippen molar-refractivity contribution in [3.8, 4) is 0 Å². The van der Waals surface area contributed by atoms with Crippen LogP contribution in [0.15, 0.2) is 60.7 Å². The van der Waals surface area contributed by atoms with Crippen molar-refractivity contribution in [3.05, 3.63) is 76.8 Å². The first-order chi connectivity index (χ1) is 10.9. The monoisotopic (exact) mass is 347 g/mol. The van der Waals surface area contributed by atoms with Crippen molar-refractivity contribution < 1.29 is 4.21 Å². The third kappa shape index (κ3) is 5.61. The van der Waals surface area contributed by atoms with Crippen LogP contribution in [0.5, 0.6) is 0 Å². The quantitative estimate of drug-likeness (QED) is 0.796. The molecule has 122 valence electrons. The van der Waals surface area contributed by atoms with Gasteiger partial charge in [0, 0.05) is 5.02 Å². The van der Waals surface area contributed by atoms with Crippen molar-refractivity contribution in [1.29, 1.82) is 0 Å². The molecule has 2 rings (SSSR count). The molecule has 0 unspecified atom stereocenters. The lowest BCUT2D eigenvalue weighted by Gasteiger charge is -2.23. The molecule has 0 fully saturated rings. The van der Waals surface area contributed by atoms with Crippen molar-refractivity contribution in [2.75, 3.05) is 0 Å². The molecule has 2 atom stereocenters. The van der Waals surface area contributed by atoms with E-state index in [4.69, 9.17) is 11.6 Å². The van der Waals surface area contributed by atoms with Crippen LogP contribution < -0.4 is 4.72 Å². The lowest BCUT2D eigenvalue weighted by molar-refractivity contribution is 0.627. The predicted octanol–water partition coefficient (Wildman–Crippen LogP) is 5.15. The number of benzene rings is 2. The van der Waals surface area contributed by atoms with Crippen molar-refractivity contribution in [3.63, 3.8) is 0 Å². The van der Waals surface area contributed by atoms with E-state index < -0.39 is 11.0 Å². The molecule has 0 amide bonds. The molecule has 0 saturated carbocycles. The van der Waals surface area contributed by atoms with E-state index in [1.807, 2.05) is 87.5 Å². The zero-order valence-corrected chi connectivity index (χ0v) is 15.2. The molecule has 1 N–H and O–H groups in total. The Morgan fingerprint density at radius 1 is 1.04 bits per heavy atom. The molecule has 0 aromatic heterocycles. The van der Waals surface area contributed by atoms with E-state index in [-0.39, 0.29) is 10.8 Å². The second-order valence-electron chi connectivity index (χ2n) is 6.30. The van der Waals surface area contributed by atoms with Gasteiger partial charge >= 0.3 is 0 Å². The highest BCUT2D eigenvalue weighted by Crippen LogP contribution is 2.21. The maximum absolute atomic E-state index is 12.5. The Balaban J connectivity index is 2.26. The van der Waals surface area contributed by atoms with Crippen LogP contribution in [-0.2, 0) is 11.0 Å². The lowest BCUT2D eigenvalue weighted by Crippen LogP contribution is -2.35. The Morgan fingerprint density at radius 2 is 1.65 bits per heavy atom. The Morgan fingerprint density at radius 3 is 2.22 bits per heavy atom. The molecule has 2 aromatic rings. The molecule has 4 heteroatoms. The molecule has 0 saturated heterocycles. The van der Waals surface area contributed by atoms with Gasteiger partial charge in [0.2, 0.25) is 0 Å². The standard InChI is InChI=1S/C19H22ClNOS/c1-19(2,3)23(22)21-18(16-10-12-17(20)13-11-16)14-9-15-7-5-4-6-8-15/h4-14,18,21H,1-3H3/b14-9+/t18-,23-/m1/s1. The van der Waals surface area contributed by atoms with Crippen LogP contribution in [0, 0.1) is 0 Å². The van der Waals surface area contributed by atoms with Gasteiger partial charge in [0.25, 0.3) is 0 Å². The Labute approximate surface area is 146 Å². The van der Waals surface area contributed by atoms with Crippen molar-refractivity contribution in [2.45, 2.75) is 31.6 Å². The minimum atomic E-state index is -1.17. The maximum atomic E-state index is 12.5. The maximum Gasteiger partial charge on any atom is 0.0978 e. The molecule has 0 aliphatic heterocycles. The smallest absolute Gasteiger partial charge is 0.0978 e. The summed E-state index contributed by atoms with van der Waals surface area (Å²) in [4.78, 5) is 0. The van der Waals surface area contributed by atoms with E-state index in [2.05, 4.69) is 4.72 Å². The first-order valence-corrected chi connectivity index (χ1v) is 9.06. The molecule has 2 nitrogen and oxygen atoms in total. The van der Waals surface area contributed by atoms with Crippen LogP contribution in [0.1, 0.15) is 37.9 Å². The van der Waals surface area contributed by atoms with Crippen LogP contribution in [0.4, 0.5) is 0 Å².